The molecule has 2 aromatic rings. The van der Waals surface area contributed by atoms with E-state index < -0.39 is 26.9 Å². The number of rotatable bonds is 8. The van der Waals surface area contributed by atoms with Crippen LogP contribution in [0.1, 0.15) is 33.1 Å². The molecular weight excluding hydrogens is 465 g/mol. The predicted octanol–water partition coefficient (Wildman–Crippen LogP) is 5.80. The standard InChI is InChI=1S/C24H28FNO5S2/c1-4-5-9-17-14-26(18-10-7-6-8-11-18)20-12-22(32-3)21(31-15-19(25)24(27)28)13-23(20)33(29,30)16(17)2/h6-8,10-13,15-17H,4-5,9,14H2,1-3H3,(H,27,28)/b19-15-. The highest BCUT2D eigenvalue weighted by molar-refractivity contribution is 7.98. The molecule has 0 saturated carbocycles. The van der Waals surface area contributed by atoms with Gasteiger partial charge < -0.3 is 14.7 Å². The van der Waals surface area contributed by atoms with Crippen molar-refractivity contribution < 1.29 is 27.4 Å². The van der Waals surface area contributed by atoms with Gasteiger partial charge in [-0.1, -0.05) is 38.0 Å². The zero-order valence-electron chi connectivity index (χ0n) is 18.8. The molecule has 0 radical (unpaired) electrons. The van der Waals surface area contributed by atoms with Crippen LogP contribution in [0.5, 0.6) is 5.75 Å². The third kappa shape index (κ3) is 5.35. The summed E-state index contributed by atoms with van der Waals surface area (Å²) in [5, 5.41) is 8.13. The zero-order valence-corrected chi connectivity index (χ0v) is 20.5. The Labute approximate surface area is 198 Å². The lowest BCUT2D eigenvalue weighted by Crippen LogP contribution is -2.31. The number of halogens is 1. The smallest absolute Gasteiger partial charge is 0.368 e. The molecule has 9 heteroatoms. The zero-order chi connectivity index (χ0) is 24.2. The number of carboxylic acid groups (broad SMARTS) is 1. The lowest BCUT2D eigenvalue weighted by molar-refractivity contribution is -0.134. The lowest BCUT2D eigenvalue weighted by Gasteiger charge is -2.29. The number of fused-ring (bicyclic) bond motifs is 1. The molecule has 178 valence electrons. The van der Waals surface area contributed by atoms with Crippen molar-refractivity contribution in [2.45, 2.75) is 48.2 Å². The van der Waals surface area contributed by atoms with E-state index in [1.54, 1.807) is 19.2 Å². The molecule has 33 heavy (non-hydrogen) atoms. The second-order valence-corrected chi connectivity index (χ2v) is 11.1. The summed E-state index contributed by atoms with van der Waals surface area (Å²) >= 11 is 1.30. The Bertz CT molecular complexity index is 1140. The second-order valence-electron chi connectivity index (χ2n) is 7.96. The van der Waals surface area contributed by atoms with Crippen molar-refractivity contribution in [1.29, 1.82) is 0 Å². The van der Waals surface area contributed by atoms with E-state index >= 15 is 0 Å². The molecule has 2 atom stereocenters. The van der Waals surface area contributed by atoms with E-state index in [1.807, 2.05) is 35.2 Å². The highest BCUT2D eigenvalue weighted by atomic mass is 32.2. The van der Waals surface area contributed by atoms with Crippen LogP contribution in [0.2, 0.25) is 0 Å². The van der Waals surface area contributed by atoms with Crippen molar-refractivity contribution in [2.24, 2.45) is 5.92 Å². The maximum atomic E-state index is 13.7. The molecule has 0 spiro atoms. The number of unbranched alkanes of at least 4 members (excludes halogenated alkanes) is 1. The average molecular weight is 494 g/mol. The van der Waals surface area contributed by atoms with Crippen LogP contribution in [0.4, 0.5) is 15.8 Å². The minimum Gasteiger partial charge on any atom is -0.476 e. The number of anilines is 2. The van der Waals surface area contributed by atoms with Crippen molar-refractivity contribution in [3.05, 3.63) is 54.6 Å². The van der Waals surface area contributed by atoms with Crippen molar-refractivity contribution in [2.75, 3.05) is 17.7 Å². The number of carbonyl (C=O) groups is 1. The molecule has 6 nitrogen and oxygen atoms in total. The second kappa shape index (κ2) is 10.6. The predicted molar refractivity (Wildman–Crippen MR) is 129 cm³/mol. The summed E-state index contributed by atoms with van der Waals surface area (Å²) in [7, 11) is -3.74. The van der Waals surface area contributed by atoms with Gasteiger partial charge in [0.15, 0.2) is 9.84 Å². The topological polar surface area (TPSA) is 83.9 Å². The fourth-order valence-electron chi connectivity index (χ4n) is 3.97. The van der Waals surface area contributed by atoms with E-state index in [1.165, 1.54) is 17.8 Å². The van der Waals surface area contributed by atoms with Gasteiger partial charge in [0, 0.05) is 18.3 Å². The number of para-hydroxylation sites is 1. The summed E-state index contributed by atoms with van der Waals surface area (Å²) in [5.74, 6) is -3.23. The number of thioether (sulfide) groups is 1. The molecule has 0 saturated heterocycles. The van der Waals surface area contributed by atoms with Gasteiger partial charge in [0.1, 0.15) is 12.0 Å². The summed E-state index contributed by atoms with van der Waals surface area (Å²) in [6.07, 6.45) is 4.94. The Morgan fingerprint density at radius 3 is 2.61 bits per heavy atom. The Kier molecular flexibility index (Phi) is 8.07. The molecule has 1 aliphatic heterocycles. The maximum Gasteiger partial charge on any atom is 0.368 e. The number of sulfone groups is 1. The number of hydrogen-bond donors (Lipinski definition) is 1. The van der Waals surface area contributed by atoms with Crippen LogP contribution < -0.4 is 9.64 Å². The summed E-state index contributed by atoms with van der Waals surface area (Å²) in [6.45, 7) is 4.36. The monoisotopic (exact) mass is 493 g/mol. The first-order chi connectivity index (χ1) is 15.7. The molecule has 2 unspecified atom stereocenters. The molecule has 3 rings (SSSR count). The number of benzene rings is 2. The van der Waals surface area contributed by atoms with Gasteiger partial charge in [-0.3, -0.25) is 0 Å². The average Bonchev–Trinajstić information content (AvgIpc) is 2.89. The maximum absolute atomic E-state index is 13.7. The summed E-state index contributed by atoms with van der Waals surface area (Å²) in [6, 6.07) is 12.7. The molecule has 0 fully saturated rings. The van der Waals surface area contributed by atoms with Crippen LogP contribution in [0.15, 0.2) is 64.3 Å². The van der Waals surface area contributed by atoms with Crippen molar-refractivity contribution in [3.8, 4) is 5.75 Å². The van der Waals surface area contributed by atoms with Gasteiger partial charge in [0.2, 0.25) is 5.83 Å². The van der Waals surface area contributed by atoms with E-state index in [9.17, 15) is 17.6 Å². The van der Waals surface area contributed by atoms with Crippen LogP contribution in [0, 0.1) is 5.92 Å². The number of hydrogen-bond acceptors (Lipinski definition) is 6. The van der Waals surface area contributed by atoms with Crippen LogP contribution in [-0.4, -0.2) is 37.5 Å². The molecule has 0 aromatic heterocycles. The minimum absolute atomic E-state index is 0.0889. The van der Waals surface area contributed by atoms with Gasteiger partial charge in [-0.15, -0.1) is 11.8 Å². The highest BCUT2D eigenvalue weighted by Crippen LogP contribution is 2.45. The Morgan fingerprint density at radius 2 is 2.00 bits per heavy atom. The molecule has 1 N–H and O–H groups in total. The first-order valence-electron chi connectivity index (χ1n) is 10.7. The van der Waals surface area contributed by atoms with Crippen LogP contribution in [0.3, 0.4) is 0 Å². The van der Waals surface area contributed by atoms with Crippen molar-refractivity contribution in [3.63, 3.8) is 0 Å². The van der Waals surface area contributed by atoms with Gasteiger partial charge in [0.05, 0.1) is 20.7 Å². The van der Waals surface area contributed by atoms with Gasteiger partial charge in [0.25, 0.3) is 0 Å². The molecule has 0 aliphatic carbocycles. The number of nitrogens with zero attached hydrogens (tertiary/aromatic N) is 1. The van der Waals surface area contributed by atoms with E-state index in [2.05, 4.69) is 6.92 Å². The van der Waals surface area contributed by atoms with Gasteiger partial charge in [-0.05, 0) is 43.7 Å². The SMILES string of the molecule is CCCCC1CN(c2ccccc2)c2cc(SC)c(O/C=C(\F)C(=O)O)cc2S(=O)(=O)C1C. The molecule has 2 aromatic carbocycles. The van der Waals surface area contributed by atoms with Crippen molar-refractivity contribution in [1.82, 2.24) is 0 Å². The fraction of sp³-hybridized carbons (Fsp3) is 0.375. The molecule has 1 heterocycles. The third-order valence-electron chi connectivity index (χ3n) is 5.90. The normalized spacial score (nSPS) is 20.1. The van der Waals surface area contributed by atoms with Gasteiger partial charge in [-0.2, -0.15) is 4.39 Å². The number of ether oxygens (including phenoxy) is 1. The van der Waals surface area contributed by atoms with Gasteiger partial charge in [-0.25, -0.2) is 13.2 Å². The minimum atomic E-state index is -3.74. The third-order valence-corrected chi connectivity index (χ3v) is 8.97. The molecule has 0 amide bonds. The summed E-state index contributed by atoms with van der Waals surface area (Å²) < 4.78 is 46.2. The van der Waals surface area contributed by atoms with Crippen molar-refractivity contribution >= 4 is 38.9 Å². The molecule has 0 bridgehead atoms. The first kappa shape index (κ1) is 25.1. The van der Waals surface area contributed by atoms with E-state index in [0.29, 0.717) is 23.4 Å². The van der Waals surface area contributed by atoms with Crippen LogP contribution >= 0.6 is 11.8 Å². The number of aliphatic carboxylic acids is 1. The fourth-order valence-corrected chi connectivity index (χ4v) is 6.37. The Balaban J connectivity index is 2.21. The first-order valence-corrected chi connectivity index (χ1v) is 13.5. The lowest BCUT2D eigenvalue weighted by atomic mass is 9.97. The van der Waals surface area contributed by atoms with E-state index in [4.69, 9.17) is 9.84 Å². The van der Waals surface area contributed by atoms with Crippen LogP contribution in [0.25, 0.3) is 0 Å². The Morgan fingerprint density at radius 1 is 1.30 bits per heavy atom. The van der Waals surface area contributed by atoms with Crippen LogP contribution in [-0.2, 0) is 14.6 Å². The highest BCUT2D eigenvalue weighted by Gasteiger charge is 2.39. The Hall–Kier alpha value is -2.52. The van der Waals surface area contributed by atoms with E-state index in [-0.39, 0.29) is 16.6 Å². The quantitative estimate of drug-likeness (QED) is 0.282. The number of carboxylic acids is 1. The summed E-state index contributed by atoms with van der Waals surface area (Å²) in [5.41, 5.74) is 1.41. The molecule has 1 aliphatic rings. The van der Waals surface area contributed by atoms with Gasteiger partial charge >= 0.3 is 5.97 Å². The molecular formula is C24H28FNO5S2. The summed E-state index contributed by atoms with van der Waals surface area (Å²) in [4.78, 5) is 13.5. The largest absolute Gasteiger partial charge is 0.476 e. The van der Waals surface area contributed by atoms with E-state index in [0.717, 1.165) is 24.9 Å².